The van der Waals surface area contributed by atoms with Gasteiger partial charge in [0.2, 0.25) is 0 Å². The Hall–Kier alpha value is -1.09. The van der Waals surface area contributed by atoms with Gasteiger partial charge in [-0.25, -0.2) is 4.39 Å². The molecule has 0 aromatic heterocycles. The van der Waals surface area contributed by atoms with E-state index in [0.717, 1.165) is 43.1 Å². The monoisotopic (exact) mass is 291 g/mol. The largest absolute Gasteiger partial charge is 0.314 e. The summed E-state index contributed by atoms with van der Waals surface area (Å²) in [4.78, 5) is 2.52. The van der Waals surface area contributed by atoms with Gasteiger partial charge in [-0.05, 0) is 24.1 Å². The summed E-state index contributed by atoms with van der Waals surface area (Å²) in [6, 6.07) is 5.89. The van der Waals surface area contributed by atoms with Crippen LogP contribution in [0.15, 0.2) is 12.1 Å². The molecule has 2 heterocycles. The molecular formula is C15H18FN3S. The molecule has 0 saturated carbocycles. The zero-order valence-corrected chi connectivity index (χ0v) is 12.3. The first kappa shape index (κ1) is 13.9. The highest BCUT2D eigenvalue weighted by atomic mass is 32.2. The molecule has 20 heavy (non-hydrogen) atoms. The second kappa shape index (κ2) is 5.72. The van der Waals surface area contributed by atoms with Crippen molar-refractivity contribution < 1.29 is 4.39 Å². The predicted octanol–water partition coefficient (Wildman–Crippen LogP) is 2.07. The molecule has 2 fully saturated rings. The third-order valence-corrected chi connectivity index (χ3v) is 5.66. The molecule has 0 spiro atoms. The second-order valence-electron chi connectivity index (χ2n) is 5.42. The molecule has 106 valence electrons. The number of hydrogen-bond acceptors (Lipinski definition) is 4. The number of nitrogens with one attached hydrogen (secondary N) is 1. The van der Waals surface area contributed by atoms with Crippen LogP contribution in [0.4, 0.5) is 4.39 Å². The first-order chi connectivity index (χ1) is 9.70. The predicted molar refractivity (Wildman–Crippen MR) is 79.3 cm³/mol. The van der Waals surface area contributed by atoms with Crippen LogP contribution in [0.5, 0.6) is 0 Å². The van der Waals surface area contributed by atoms with Crippen LogP contribution in [0.1, 0.15) is 21.9 Å². The van der Waals surface area contributed by atoms with Crippen molar-refractivity contribution in [1.82, 2.24) is 10.2 Å². The van der Waals surface area contributed by atoms with Gasteiger partial charge in [-0.15, -0.1) is 0 Å². The van der Waals surface area contributed by atoms with E-state index in [9.17, 15) is 4.39 Å². The number of rotatable bonds is 1. The Kier molecular flexibility index (Phi) is 3.97. The van der Waals surface area contributed by atoms with E-state index in [2.05, 4.69) is 10.2 Å². The highest BCUT2D eigenvalue weighted by molar-refractivity contribution is 7.99. The van der Waals surface area contributed by atoms with Gasteiger partial charge in [0.1, 0.15) is 11.9 Å². The van der Waals surface area contributed by atoms with Crippen LogP contribution in [0.25, 0.3) is 0 Å². The molecule has 5 heteroatoms. The van der Waals surface area contributed by atoms with E-state index in [1.165, 1.54) is 6.07 Å². The Morgan fingerprint density at radius 2 is 2.35 bits per heavy atom. The van der Waals surface area contributed by atoms with Crippen molar-refractivity contribution in [3.8, 4) is 6.07 Å². The Morgan fingerprint density at radius 3 is 3.15 bits per heavy atom. The summed E-state index contributed by atoms with van der Waals surface area (Å²) < 4.78 is 13.6. The standard InChI is InChI=1S/C15H18FN3S/c1-10-12(2-3-14(16)13(10)6-17)15-8-19-5-4-18-7-11(19)9-20-15/h2-3,11,15,18H,4-5,7-9H2,1H3. The van der Waals surface area contributed by atoms with Gasteiger partial charge >= 0.3 is 0 Å². The van der Waals surface area contributed by atoms with E-state index in [1.54, 1.807) is 0 Å². The van der Waals surface area contributed by atoms with Crippen molar-refractivity contribution in [2.24, 2.45) is 0 Å². The SMILES string of the molecule is Cc1c(C2CN3CCNCC3CS2)ccc(F)c1C#N. The van der Waals surface area contributed by atoms with Gasteiger partial charge in [0.25, 0.3) is 0 Å². The smallest absolute Gasteiger partial charge is 0.141 e. The average Bonchev–Trinajstić information content (AvgIpc) is 2.47. The first-order valence-corrected chi connectivity index (χ1v) is 8.01. The third-order valence-electron chi connectivity index (χ3n) is 4.28. The molecule has 1 N–H and O–H groups in total. The number of piperazine rings is 1. The lowest BCUT2D eigenvalue weighted by molar-refractivity contribution is 0.170. The quantitative estimate of drug-likeness (QED) is 0.860. The summed E-state index contributed by atoms with van der Waals surface area (Å²) in [7, 11) is 0. The van der Waals surface area contributed by atoms with Gasteiger partial charge in [-0.3, -0.25) is 4.90 Å². The topological polar surface area (TPSA) is 39.1 Å². The van der Waals surface area contributed by atoms with Crippen LogP contribution in [-0.4, -0.2) is 42.9 Å². The lowest BCUT2D eigenvalue weighted by atomic mass is 9.99. The number of nitrogens with zero attached hydrogens (tertiary/aromatic N) is 2. The van der Waals surface area contributed by atoms with Crippen LogP contribution >= 0.6 is 11.8 Å². The third kappa shape index (κ3) is 2.44. The molecule has 2 aliphatic heterocycles. The highest BCUT2D eigenvalue weighted by Crippen LogP contribution is 2.38. The summed E-state index contributed by atoms with van der Waals surface area (Å²) in [5.74, 6) is 0.686. The van der Waals surface area contributed by atoms with Gasteiger partial charge in [0, 0.05) is 43.2 Å². The van der Waals surface area contributed by atoms with E-state index in [0.29, 0.717) is 11.3 Å². The van der Waals surface area contributed by atoms with Crippen LogP contribution < -0.4 is 5.32 Å². The van der Waals surface area contributed by atoms with Crippen molar-refractivity contribution in [3.05, 3.63) is 34.6 Å². The summed E-state index contributed by atoms with van der Waals surface area (Å²) in [6.07, 6.45) is 0. The zero-order chi connectivity index (χ0) is 14.1. The number of hydrogen-bond donors (Lipinski definition) is 1. The van der Waals surface area contributed by atoms with Gasteiger partial charge in [0.15, 0.2) is 0 Å². The molecule has 0 bridgehead atoms. The van der Waals surface area contributed by atoms with E-state index in [-0.39, 0.29) is 5.56 Å². The molecule has 1 aromatic rings. The van der Waals surface area contributed by atoms with E-state index in [4.69, 9.17) is 5.26 Å². The summed E-state index contributed by atoms with van der Waals surface area (Å²) in [5, 5.41) is 12.9. The normalized spacial score (nSPS) is 26.9. The molecule has 0 amide bonds. The first-order valence-electron chi connectivity index (χ1n) is 6.96. The minimum Gasteiger partial charge on any atom is -0.314 e. The van der Waals surface area contributed by atoms with Crippen molar-refractivity contribution in [2.45, 2.75) is 18.2 Å². The van der Waals surface area contributed by atoms with Crippen molar-refractivity contribution in [1.29, 1.82) is 5.26 Å². The summed E-state index contributed by atoms with van der Waals surface area (Å²) in [6.45, 7) is 6.04. The maximum absolute atomic E-state index is 13.6. The minimum atomic E-state index is -0.408. The van der Waals surface area contributed by atoms with Gasteiger partial charge < -0.3 is 5.32 Å². The molecular weight excluding hydrogens is 273 g/mol. The molecule has 2 atom stereocenters. The fourth-order valence-electron chi connectivity index (χ4n) is 3.07. The molecule has 3 rings (SSSR count). The molecule has 1 aromatic carbocycles. The fraction of sp³-hybridized carbons (Fsp3) is 0.533. The van der Waals surface area contributed by atoms with E-state index in [1.807, 2.05) is 30.8 Å². The Balaban J connectivity index is 1.85. The van der Waals surface area contributed by atoms with Crippen LogP contribution in [-0.2, 0) is 0 Å². The number of nitriles is 1. The number of thioether (sulfide) groups is 1. The number of halogens is 1. The summed E-state index contributed by atoms with van der Waals surface area (Å²) >= 11 is 1.93. The van der Waals surface area contributed by atoms with Gasteiger partial charge in [-0.2, -0.15) is 17.0 Å². The van der Waals surface area contributed by atoms with Crippen molar-refractivity contribution in [2.75, 3.05) is 31.9 Å². The van der Waals surface area contributed by atoms with E-state index < -0.39 is 5.82 Å². The second-order valence-corrected chi connectivity index (χ2v) is 6.66. The van der Waals surface area contributed by atoms with E-state index >= 15 is 0 Å². The van der Waals surface area contributed by atoms with Gasteiger partial charge in [-0.1, -0.05) is 6.07 Å². The maximum atomic E-state index is 13.6. The van der Waals surface area contributed by atoms with Crippen molar-refractivity contribution in [3.63, 3.8) is 0 Å². The lowest BCUT2D eigenvalue weighted by Crippen LogP contribution is -2.55. The molecule has 2 aliphatic rings. The van der Waals surface area contributed by atoms with Crippen LogP contribution in [0.2, 0.25) is 0 Å². The molecule has 0 aliphatic carbocycles. The molecule has 2 saturated heterocycles. The minimum absolute atomic E-state index is 0.200. The number of fused-ring (bicyclic) bond motifs is 1. The number of benzene rings is 1. The lowest BCUT2D eigenvalue weighted by Gasteiger charge is -2.42. The van der Waals surface area contributed by atoms with Gasteiger partial charge in [0.05, 0.1) is 5.56 Å². The van der Waals surface area contributed by atoms with Crippen LogP contribution in [0.3, 0.4) is 0 Å². The maximum Gasteiger partial charge on any atom is 0.141 e. The Labute approximate surface area is 123 Å². The molecule has 3 nitrogen and oxygen atoms in total. The zero-order valence-electron chi connectivity index (χ0n) is 11.5. The Bertz CT molecular complexity index is 555. The Morgan fingerprint density at radius 1 is 1.50 bits per heavy atom. The highest BCUT2D eigenvalue weighted by Gasteiger charge is 2.32. The molecule has 0 radical (unpaired) electrons. The summed E-state index contributed by atoms with van der Waals surface area (Å²) in [5.41, 5.74) is 2.12. The molecule has 2 unspecified atom stereocenters. The van der Waals surface area contributed by atoms with Crippen LogP contribution in [0, 0.1) is 24.1 Å². The van der Waals surface area contributed by atoms with Crippen molar-refractivity contribution >= 4 is 11.8 Å². The average molecular weight is 291 g/mol. The fourth-order valence-corrected chi connectivity index (χ4v) is 4.58.